The largest absolute Gasteiger partial charge is 0.382 e. The van der Waals surface area contributed by atoms with Crippen LogP contribution >= 0.6 is 11.3 Å². The van der Waals surface area contributed by atoms with Crippen LogP contribution in [0.5, 0.6) is 0 Å². The molecule has 1 heterocycles. The van der Waals surface area contributed by atoms with Crippen molar-refractivity contribution in [2.75, 3.05) is 19.0 Å². The molecule has 0 fully saturated rings. The van der Waals surface area contributed by atoms with Crippen molar-refractivity contribution in [3.63, 3.8) is 0 Å². The number of aryl methyl sites for hydroxylation is 1. The Bertz CT molecular complexity index is 458. The van der Waals surface area contributed by atoms with E-state index < -0.39 is 0 Å². The van der Waals surface area contributed by atoms with Crippen molar-refractivity contribution in [1.82, 2.24) is 10.2 Å². The smallest absolute Gasteiger partial charge is 0.206 e. The van der Waals surface area contributed by atoms with Crippen molar-refractivity contribution in [2.24, 2.45) is 0 Å². The second kappa shape index (κ2) is 5.75. The van der Waals surface area contributed by atoms with Crippen molar-refractivity contribution >= 4 is 16.5 Å². The van der Waals surface area contributed by atoms with Crippen molar-refractivity contribution in [3.05, 3.63) is 40.9 Å². The van der Waals surface area contributed by atoms with E-state index in [9.17, 15) is 0 Å². The van der Waals surface area contributed by atoms with Crippen LogP contribution in [-0.4, -0.2) is 23.9 Å². The van der Waals surface area contributed by atoms with Crippen LogP contribution in [0.3, 0.4) is 0 Å². The predicted octanol–water partition coefficient (Wildman–Crippen LogP) is 2.65. The third-order valence-electron chi connectivity index (χ3n) is 2.36. The molecule has 0 saturated carbocycles. The van der Waals surface area contributed by atoms with Gasteiger partial charge in [0.05, 0.1) is 12.6 Å². The Morgan fingerprint density at radius 2 is 2.06 bits per heavy atom. The van der Waals surface area contributed by atoms with Crippen molar-refractivity contribution in [3.8, 4) is 0 Å². The molecular weight excluding hydrogens is 234 g/mol. The monoisotopic (exact) mass is 249 g/mol. The highest BCUT2D eigenvalue weighted by molar-refractivity contribution is 7.15. The third-order valence-corrected chi connectivity index (χ3v) is 3.13. The molecule has 0 spiro atoms. The average Bonchev–Trinajstić information content (AvgIpc) is 2.75. The zero-order valence-electron chi connectivity index (χ0n) is 9.88. The Morgan fingerprint density at radius 3 is 2.65 bits per heavy atom. The molecule has 1 unspecified atom stereocenters. The first-order valence-corrected chi connectivity index (χ1v) is 6.22. The highest BCUT2D eigenvalue weighted by atomic mass is 32.1. The van der Waals surface area contributed by atoms with E-state index >= 15 is 0 Å². The summed E-state index contributed by atoms with van der Waals surface area (Å²) in [4.78, 5) is 0. The number of anilines is 1. The highest BCUT2D eigenvalue weighted by Crippen LogP contribution is 2.22. The number of hydrogen-bond donors (Lipinski definition) is 1. The van der Waals surface area contributed by atoms with Gasteiger partial charge in [-0.05, 0) is 12.5 Å². The molecule has 17 heavy (non-hydrogen) atoms. The van der Waals surface area contributed by atoms with E-state index in [0.717, 1.165) is 10.1 Å². The maximum Gasteiger partial charge on any atom is 0.206 e. The van der Waals surface area contributed by atoms with Crippen LogP contribution in [0.4, 0.5) is 5.13 Å². The van der Waals surface area contributed by atoms with Gasteiger partial charge >= 0.3 is 0 Å². The first kappa shape index (κ1) is 12.0. The summed E-state index contributed by atoms with van der Waals surface area (Å²) in [6.45, 7) is 2.54. The van der Waals surface area contributed by atoms with E-state index in [1.165, 1.54) is 5.56 Å². The topological polar surface area (TPSA) is 47.0 Å². The molecule has 2 rings (SSSR count). The lowest BCUT2D eigenvalue weighted by molar-refractivity contribution is 0.186. The Hall–Kier alpha value is -1.46. The fraction of sp³-hybridized carbons (Fsp3) is 0.333. The minimum Gasteiger partial charge on any atom is -0.382 e. The van der Waals surface area contributed by atoms with Crippen molar-refractivity contribution in [1.29, 1.82) is 0 Å². The van der Waals surface area contributed by atoms with E-state index in [0.29, 0.717) is 6.61 Å². The van der Waals surface area contributed by atoms with Crippen LogP contribution in [0.1, 0.15) is 16.6 Å². The lowest BCUT2D eigenvalue weighted by atomic mass is 10.1. The molecule has 0 aliphatic heterocycles. The molecule has 0 bridgehead atoms. The molecule has 0 saturated heterocycles. The summed E-state index contributed by atoms with van der Waals surface area (Å²) in [6.07, 6.45) is 0. The molecule has 1 atom stereocenters. The Balaban J connectivity index is 2.13. The molecule has 0 radical (unpaired) electrons. The van der Waals surface area contributed by atoms with Crippen LogP contribution in [0.2, 0.25) is 0 Å². The SMILES string of the molecule is COCC(Nc1nnc(C)s1)c1ccccc1. The van der Waals surface area contributed by atoms with E-state index in [1.807, 2.05) is 25.1 Å². The van der Waals surface area contributed by atoms with Crippen molar-refractivity contribution < 1.29 is 4.74 Å². The third kappa shape index (κ3) is 3.25. The Kier molecular flexibility index (Phi) is 4.06. The number of nitrogens with zero attached hydrogens (tertiary/aromatic N) is 2. The van der Waals surface area contributed by atoms with E-state index in [2.05, 4.69) is 27.6 Å². The zero-order chi connectivity index (χ0) is 12.1. The van der Waals surface area contributed by atoms with Gasteiger partial charge in [0.2, 0.25) is 5.13 Å². The molecule has 1 aromatic heterocycles. The molecule has 1 aromatic carbocycles. The lowest BCUT2D eigenvalue weighted by Gasteiger charge is -2.17. The summed E-state index contributed by atoms with van der Waals surface area (Å²) in [5.41, 5.74) is 1.18. The maximum absolute atomic E-state index is 5.23. The molecule has 5 heteroatoms. The number of hydrogen-bond acceptors (Lipinski definition) is 5. The standard InChI is InChI=1S/C12H15N3OS/c1-9-14-15-12(17-9)13-11(8-16-2)10-6-4-3-5-7-10/h3-7,11H,8H2,1-2H3,(H,13,15). The average molecular weight is 249 g/mol. The number of nitrogens with one attached hydrogen (secondary N) is 1. The molecule has 4 nitrogen and oxygen atoms in total. The van der Waals surface area contributed by atoms with Gasteiger partial charge in [-0.2, -0.15) is 0 Å². The first-order chi connectivity index (χ1) is 8.29. The molecule has 2 aromatic rings. The normalized spacial score (nSPS) is 12.4. The van der Waals surface area contributed by atoms with Crippen molar-refractivity contribution in [2.45, 2.75) is 13.0 Å². The van der Waals surface area contributed by atoms with Crippen LogP contribution in [-0.2, 0) is 4.74 Å². The predicted molar refractivity (Wildman–Crippen MR) is 69.3 cm³/mol. The summed E-state index contributed by atoms with van der Waals surface area (Å²) in [5, 5.41) is 13.2. The number of methoxy groups -OCH3 is 1. The number of rotatable bonds is 5. The minimum absolute atomic E-state index is 0.105. The van der Waals surface area contributed by atoms with Gasteiger partial charge in [-0.1, -0.05) is 41.7 Å². The quantitative estimate of drug-likeness (QED) is 0.885. The number of aromatic nitrogens is 2. The van der Waals surface area contributed by atoms with Gasteiger partial charge in [0.15, 0.2) is 0 Å². The Labute approximate surface area is 105 Å². The maximum atomic E-state index is 5.23. The van der Waals surface area contributed by atoms with Crippen LogP contribution < -0.4 is 5.32 Å². The van der Waals surface area contributed by atoms with E-state index in [1.54, 1.807) is 18.4 Å². The zero-order valence-corrected chi connectivity index (χ0v) is 10.7. The van der Waals surface area contributed by atoms with Gasteiger partial charge in [0.25, 0.3) is 0 Å². The summed E-state index contributed by atoms with van der Waals surface area (Å²) >= 11 is 1.55. The summed E-state index contributed by atoms with van der Waals surface area (Å²) in [6, 6.07) is 10.3. The highest BCUT2D eigenvalue weighted by Gasteiger charge is 2.12. The summed E-state index contributed by atoms with van der Waals surface area (Å²) in [7, 11) is 1.70. The van der Waals surface area contributed by atoms with Gasteiger partial charge in [0.1, 0.15) is 5.01 Å². The number of benzene rings is 1. The van der Waals surface area contributed by atoms with Crippen LogP contribution in [0.15, 0.2) is 30.3 Å². The molecule has 0 aliphatic rings. The van der Waals surface area contributed by atoms with Gasteiger partial charge in [0, 0.05) is 7.11 Å². The lowest BCUT2D eigenvalue weighted by Crippen LogP contribution is -2.16. The fourth-order valence-corrected chi connectivity index (χ4v) is 2.22. The van der Waals surface area contributed by atoms with Gasteiger partial charge < -0.3 is 10.1 Å². The molecule has 0 aliphatic carbocycles. The minimum atomic E-state index is 0.105. The first-order valence-electron chi connectivity index (χ1n) is 5.40. The van der Waals surface area contributed by atoms with E-state index in [4.69, 9.17) is 4.74 Å². The summed E-state index contributed by atoms with van der Waals surface area (Å²) < 4.78 is 5.23. The molecule has 0 amide bonds. The van der Waals surface area contributed by atoms with Gasteiger partial charge in [-0.3, -0.25) is 0 Å². The molecule has 90 valence electrons. The summed E-state index contributed by atoms with van der Waals surface area (Å²) in [5.74, 6) is 0. The second-order valence-electron chi connectivity index (χ2n) is 3.69. The van der Waals surface area contributed by atoms with Gasteiger partial charge in [-0.15, -0.1) is 10.2 Å². The number of ether oxygens (including phenoxy) is 1. The Morgan fingerprint density at radius 1 is 1.29 bits per heavy atom. The fourth-order valence-electron chi connectivity index (χ4n) is 1.58. The van der Waals surface area contributed by atoms with Crippen LogP contribution in [0, 0.1) is 6.92 Å². The van der Waals surface area contributed by atoms with Crippen LogP contribution in [0.25, 0.3) is 0 Å². The second-order valence-corrected chi connectivity index (χ2v) is 4.87. The molecular formula is C12H15N3OS. The van der Waals surface area contributed by atoms with E-state index in [-0.39, 0.29) is 6.04 Å². The van der Waals surface area contributed by atoms with Gasteiger partial charge in [-0.25, -0.2) is 0 Å². The molecule has 1 N–H and O–H groups in total.